The molecule has 5 aromatic rings. The Balaban J connectivity index is 1.62. The molecule has 5 rings (SSSR count). The maximum Gasteiger partial charge on any atom is 0.347 e. The molecule has 0 saturated heterocycles. The molecule has 0 aliphatic rings. The number of nitro benzene ring substituents is 1. The fraction of sp³-hybridized carbons (Fsp3) is 0.172. The van der Waals surface area contributed by atoms with Crippen LogP contribution in [0.4, 0.5) is 5.69 Å². The molecule has 214 valence electrons. The number of methoxy groups -OCH3 is 1. The van der Waals surface area contributed by atoms with Gasteiger partial charge in [-0.3, -0.25) is 14.9 Å². The summed E-state index contributed by atoms with van der Waals surface area (Å²) >= 11 is 3.29. The maximum atomic E-state index is 13.6. The highest BCUT2D eigenvalue weighted by molar-refractivity contribution is 9.10. The van der Waals surface area contributed by atoms with E-state index in [-0.39, 0.29) is 34.0 Å². The smallest absolute Gasteiger partial charge is 0.347 e. The average Bonchev–Trinajstić information content (AvgIpc) is 3.42. The van der Waals surface area contributed by atoms with Gasteiger partial charge in [0, 0.05) is 11.6 Å². The van der Waals surface area contributed by atoms with Crippen LogP contribution in [0.2, 0.25) is 0 Å². The van der Waals surface area contributed by atoms with Crippen molar-refractivity contribution in [2.45, 2.75) is 20.0 Å². The van der Waals surface area contributed by atoms with Crippen molar-refractivity contribution in [3.05, 3.63) is 91.2 Å². The Hall–Kier alpha value is -5.04. The van der Waals surface area contributed by atoms with Crippen molar-refractivity contribution in [3.8, 4) is 23.1 Å². The zero-order valence-electron chi connectivity index (χ0n) is 22.6. The molecule has 3 aromatic carbocycles. The van der Waals surface area contributed by atoms with Gasteiger partial charge in [-0.25, -0.2) is 9.78 Å². The number of hydrogen-bond acceptors (Lipinski definition) is 10. The molecule has 0 radical (unpaired) electrons. The van der Waals surface area contributed by atoms with Crippen LogP contribution in [0.25, 0.3) is 33.5 Å². The minimum atomic E-state index is -1.09. The first-order valence-corrected chi connectivity index (χ1v) is 13.5. The molecule has 0 bridgehead atoms. The van der Waals surface area contributed by atoms with Gasteiger partial charge in [0.05, 0.1) is 45.6 Å². The number of aromatic nitrogens is 2. The van der Waals surface area contributed by atoms with Gasteiger partial charge in [-0.05, 0) is 66.2 Å². The van der Waals surface area contributed by atoms with E-state index in [1.807, 2.05) is 0 Å². The third-order valence-corrected chi connectivity index (χ3v) is 6.78. The van der Waals surface area contributed by atoms with Crippen LogP contribution in [-0.2, 0) is 9.53 Å². The molecular formula is C29H23BrN4O8. The summed E-state index contributed by atoms with van der Waals surface area (Å²) in [5.41, 5.74) is 0.329. The monoisotopic (exact) mass is 634 g/mol. The molecule has 12 nitrogen and oxygen atoms in total. The van der Waals surface area contributed by atoms with Gasteiger partial charge < -0.3 is 18.6 Å². The third-order valence-electron chi connectivity index (χ3n) is 6.19. The van der Waals surface area contributed by atoms with Gasteiger partial charge in [0.25, 0.3) is 5.56 Å². The second kappa shape index (κ2) is 11.8. The molecule has 0 N–H and O–H groups in total. The molecule has 2 aromatic heterocycles. The van der Waals surface area contributed by atoms with Crippen LogP contribution in [0, 0.1) is 10.1 Å². The van der Waals surface area contributed by atoms with E-state index in [1.165, 1.54) is 25.3 Å². The van der Waals surface area contributed by atoms with Crippen LogP contribution in [0.1, 0.15) is 19.4 Å². The van der Waals surface area contributed by atoms with Crippen LogP contribution in [-0.4, -0.2) is 46.6 Å². The number of ether oxygens (including phenoxy) is 3. The molecule has 42 heavy (non-hydrogen) atoms. The second-order valence-corrected chi connectivity index (χ2v) is 9.77. The Morgan fingerprint density at radius 1 is 1.19 bits per heavy atom. The van der Waals surface area contributed by atoms with Gasteiger partial charge in [0.15, 0.2) is 11.9 Å². The number of furan rings is 1. The van der Waals surface area contributed by atoms with Gasteiger partial charge in [-0.15, -0.1) is 0 Å². The van der Waals surface area contributed by atoms with E-state index < -0.39 is 28.2 Å². The van der Waals surface area contributed by atoms with Gasteiger partial charge in [0.2, 0.25) is 11.6 Å². The Labute approximate surface area is 246 Å². The summed E-state index contributed by atoms with van der Waals surface area (Å²) < 4.78 is 23.2. The van der Waals surface area contributed by atoms with Crippen LogP contribution in [0.5, 0.6) is 11.5 Å². The molecule has 0 amide bonds. The van der Waals surface area contributed by atoms with Crippen molar-refractivity contribution >= 4 is 55.7 Å². The van der Waals surface area contributed by atoms with Crippen molar-refractivity contribution in [2.24, 2.45) is 5.10 Å². The van der Waals surface area contributed by atoms with E-state index in [0.29, 0.717) is 27.6 Å². The quantitative estimate of drug-likeness (QED) is 0.0861. The number of para-hydroxylation sites is 1. The molecule has 0 spiro atoms. The number of hydrogen-bond donors (Lipinski definition) is 0. The van der Waals surface area contributed by atoms with Crippen LogP contribution in [0.15, 0.2) is 79.4 Å². The lowest BCUT2D eigenvalue weighted by Crippen LogP contribution is -2.26. The molecule has 0 aliphatic heterocycles. The summed E-state index contributed by atoms with van der Waals surface area (Å²) in [6.45, 7) is 3.21. The number of fused-ring (bicyclic) bond motifs is 2. The van der Waals surface area contributed by atoms with Crippen LogP contribution < -0.4 is 15.0 Å². The van der Waals surface area contributed by atoms with E-state index in [1.54, 1.807) is 62.6 Å². The number of rotatable bonds is 9. The minimum Gasteiger partial charge on any atom is -0.496 e. The van der Waals surface area contributed by atoms with Crippen molar-refractivity contribution in [2.75, 3.05) is 13.7 Å². The van der Waals surface area contributed by atoms with E-state index in [9.17, 15) is 19.7 Å². The van der Waals surface area contributed by atoms with Gasteiger partial charge in [-0.2, -0.15) is 9.78 Å². The summed E-state index contributed by atoms with van der Waals surface area (Å²) in [5, 5.41) is 17.3. The number of carbonyl (C=O) groups is 1. The third kappa shape index (κ3) is 5.46. The lowest BCUT2D eigenvalue weighted by Gasteiger charge is -2.15. The number of nitrogens with zero attached hydrogens (tertiary/aromatic N) is 4. The molecular weight excluding hydrogens is 612 g/mol. The highest BCUT2D eigenvalue weighted by Gasteiger charge is 2.25. The van der Waals surface area contributed by atoms with Gasteiger partial charge >= 0.3 is 11.7 Å². The van der Waals surface area contributed by atoms with Crippen LogP contribution in [0.3, 0.4) is 0 Å². The van der Waals surface area contributed by atoms with E-state index in [0.717, 1.165) is 4.68 Å². The minimum absolute atomic E-state index is 0.116. The second-order valence-electron chi connectivity index (χ2n) is 8.92. The SMILES string of the molecule is CCOC(=O)[C@H](C)Oc1c(Br)cc(C=Nn2c(-c3cc4c(OC)cccc4o3)nc3ccccc3c2=O)cc1[N+](=O)[O-]. The van der Waals surface area contributed by atoms with Crippen molar-refractivity contribution in [3.63, 3.8) is 0 Å². The molecule has 0 fully saturated rings. The topological polar surface area (TPSA) is 148 Å². The average molecular weight is 635 g/mol. The summed E-state index contributed by atoms with van der Waals surface area (Å²) in [6, 6.07) is 16.5. The van der Waals surface area contributed by atoms with Crippen molar-refractivity contribution in [1.29, 1.82) is 0 Å². The van der Waals surface area contributed by atoms with E-state index in [2.05, 4.69) is 26.0 Å². The largest absolute Gasteiger partial charge is 0.496 e. The fourth-order valence-electron chi connectivity index (χ4n) is 4.25. The highest BCUT2D eigenvalue weighted by Crippen LogP contribution is 2.37. The van der Waals surface area contributed by atoms with E-state index >= 15 is 0 Å². The highest BCUT2D eigenvalue weighted by atomic mass is 79.9. The molecule has 1 atom stereocenters. The number of carbonyl (C=O) groups excluding carboxylic acids is 1. The number of benzene rings is 3. The molecule has 13 heteroatoms. The molecule has 0 unspecified atom stereocenters. The van der Waals surface area contributed by atoms with Gasteiger partial charge in [-0.1, -0.05) is 18.2 Å². The first-order valence-electron chi connectivity index (χ1n) is 12.7. The lowest BCUT2D eigenvalue weighted by atomic mass is 10.2. The number of nitro groups is 1. The molecule has 2 heterocycles. The number of halogens is 1. The standard InChI is InChI=1S/C29H23BrN4O8/c1-4-40-29(36)16(2)41-26-20(30)12-17(13-22(26)34(37)38)15-31-33-27(32-21-9-6-5-8-18(21)28(33)35)25-14-19-23(39-3)10-7-11-24(19)42-25/h5-16H,4H2,1-3H3/t16-/m0/s1. The normalized spacial score (nSPS) is 12.1. The molecule has 0 saturated carbocycles. The zero-order valence-corrected chi connectivity index (χ0v) is 24.2. The van der Waals surface area contributed by atoms with Crippen LogP contribution >= 0.6 is 15.9 Å². The zero-order chi connectivity index (χ0) is 30.0. The van der Waals surface area contributed by atoms with Gasteiger partial charge in [0.1, 0.15) is 11.3 Å². The number of esters is 1. The Bertz CT molecular complexity index is 1930. The predicted molar refractivity (Wildman–Crippen MR) is 158 cm³/mol. The maximum absolute atomic E-state index is 13.6. The Morgan fingerprint density at radius 3 is 2.71 bits per heavy atom. The van der Waals surface area contributed by atoms with Crippen molar-refractivity contribution in [1.82, 2.24) is 9.66 Å². The molecule has 0 aliphatic carbocycles. The predicted octanol–water partition coefficient (Wildman–Crippen LogP) is 5.70. The first-order chi connectivity index (χ1) is 20.2. The van der Waals surface area contributed by atoms with Crippen molar-refractivity contribution < 1.29 is 28.3 Å². The van der Waals surface area contributed by atoms with E-state index in [4.69, 9.17) is 18.6 Å². The fourth-order valence-corrected chi connectivity index (χ4v) is 4.81. The Morgan fingerprint density at radius 2 is 1.98 bits per heavy atom. The summed E-state index contributed by atoms with van der Waals surface area (Å²) in [7, 11) is 1.54. The summed E-state index contributed by atoms with van der Waals surface area (Å²) in [6.07, 6.45) is 0.188. The first kappa shape index (κ1) is 28.5. The Kier molecular flexibility index (Phi) is 8.02. The summed E-state index contributed by atoms with van der Waals surface area (Å²) in [4.78, 5) is 41.5. The lowest BCUT2D eigenvalue weighted by molar-refractivity contribution is -0.386. The summed E-state index contributed by atoms with van der Waals surface area (Å²) in [5.74, 6) is 0.142.